The van der Waals surface area contributed by atoms with Gasteiger partial charge in [-0.3, -0.25) is 0 Å². The van der Waals surface area contributed by atoms with Gasteiger partial charge in [-0.1, -0.05) is 13.3 Å². The first-order chi connectivity index (χ1) is 4.86. The van der Waals surface area contributed by atoms with E-state index in [1.807, 2.05) is 0 Å². The second-order valence-corrected chi connectivity index (χ2v) is 2.14. The van der Waals surface area contributed by atoms with E-state index in [9.17, 15) is 0 Å². The molecule has 0 saturated carbocycles. The Bertz CT molecular complexity index is 195. The number of rotatable bonds is 3. The smallest absolute Gasteiger partial charge is 0.294 e. The lowest BCUT2D eigenvalue weighted by Crippen LogP contribution is -1.88. The van der Waals surface area contributed by atoms with Crippen molar-refractivity contribution in [3.63, 3.8) is 0 Å². The molecule has 3 heteroatoms. The van der Waals surface area contributed by atoms with E-state index >= 15 is 0 Å². The van der Waals surface area contributed by atoms with Gasteiger partial charge in [0.1, 0.15) is 6.26 Å². The van der Waals surface area contributed by atoms with E-state index < -0.39 is 0 Å². The van der Waals surface area contributed by atoms with Gasteiger partial charge in [0.2, 0.25) is 0 Å². The summed E-state index contributed by atoms with van der Waals surface area (Å²) in [7, 11) is 1.79. The standard InChI is InChI=1S/C7H12N2O/c1-3-4-6-5-10-7(8-2)9-6/h5H,3-4H2,1-2H3,(H,8,9). The lowest BCUT2D eigenvalue weighted by molar-refractivity contribution is 0.573. The number of nitrogens with one attached hydrogen (secondary N) is 1. The van der Waals surface area contributed by atoms with Gasteiger partial charge < -0.3 is 9.73 Å². The predicted molar refractivity (Wildman–Crippen MR) is 40.0 cm³/mol. The lowest BCUT2D eigenvalue weighted by Gasteiger charge is -1.86. The summed E-state index contributed by atoms with van der Waals surface area (Å²) in [4.78, 5) is 4.14. The van der Waals surface area contributed by atoms with Crippen LogP contribution in [0.4, 0.5) is 6.01 Å². The highest BCUT2D eigenvalue weighted by Crippen LogP contribution is 2.07. The Labute approximate surface area is 60.5 Å². The second kappa shape index (κ2) is 3.25. The molecule has 1 heterocycles. The summed E-state index contributed by atoms with van der Waals surface area (Å²) < 4.78 is 5.04. The number of aryl methyl sites for hydroxylation is 1. The summed E-state index contributed by atoms with van der Waals surface area (Å²) in [5.41, 5.74) is 1.02. The minimum atomic E-state index is 0.600. The third-order valence-corrected chi connectivity index (χ3v) is 1.27. The minimum Gasteiger partial charge on any atom is -0.432 e. The molecule has 1 N–H and O–H groups in total. The van der Waals surface area contributed by atoms with Gasteiger partial charge in [0.15, 0.2) is 0 Å². The zero-order valence-corrected chi connectivity index (χ0v) is 6.35. The molecule has 56 valence electrons. The first kappa shape index (κ1) is 7.12. The fraction of sp³-hybridized carbons (Fsp3) is 0.571. The van der Waals surface area contributed by atoms with Gasteiger partial charge in [0.25, 0.3) is 6.01 Å². The van der Waals surface area contributed by atoms with Crippen molar-refractivity contribution in [2.24, 2.45) is 0 Å². The quantitative estimate of drug-likeness (QED) is 0.694. The van der Waals surface area contributed by atoms with Crippen LogP contribution in [0.25, 0.3) is 0 Å². The molecule has 0 aliphatic carbocycles. The van der Waals surface area contributed by atoms with Crippen LogP contribution >= 0.6 is 0 Å². The molecule has 3 nitrogen and oxygen atoms in total. The van der Waals surface area contributed by atoms with E-state index in [2.05, 4.69) is 17.2 Å². The monoisotopic (exact) mass is 140 g/mol. The first-order valence-electron chi connectivity index (χ1n) is 3.49. The van der Waals surface area contributed by atoms with Crippen LogP contribution in [0.3, 0.4) is 0 Å². The summed E-state index contributed by atoms with van der Waals surface area (Å²) >= 11 is 0. The summed E-state index contributed by atoms with van der Waals surface area (Å²) in [6.45, 7) is 2.12. The van der Waals surface area contributed by atoms with Gasteiger partial charge in [-0.25, -0.2) is 0 Å². The van der Waals surface area contributed by atoms with Crippen LogP contribution in [-0.2, 0) is 6.42 Å². The minimum absolute atomic E-state index is 0.600. The van der Waals surface area contributed by atoms with E-state index in [0.717, 1.165) is 18.5 Å². The number of anilines is 1. The van der Waals surface area contributed by atoms with Crippen LogP contribution in [0.1, 0.15) is 19.0 Å². The zero-order chi connectivity index (χ0) is 7.40. The normalized spacial score (nSPS) is 9.80. The lowest BCUT2D eigenvalue weighted by atomic mass is 10.3. The van der Waals surface area contributed by atoms with Gasteiger partial charge >= 0.3 is 0 Å². The van der Waals surface area contributed by atoms with Crippen molar-refractivity contribution < 1.29 is 4.42 Å². The predicted octanol–water partition coefficient (Wildman–Crippen LogP) is 1.67. The zero-order valence-electron chi connectivity index (χ0n) is 6.35. The van der Waals surface area contributed by atoms with E-state index in [1.165, 1.54) is 0 Å². The topological polar surface area (TPSA) is 38.1 Å². The maximum absolute atomic E-state index is 5.04. The highest BCUT2D eigenvalue weighted by molar-refractivity contribution is 5.19. The fourth-order valence-corrected chi connectivity index (χ4v) is 0.793. The van der Waals surface area contributed by atoms with Crippen LogP contribution in [0, 0.1) is 0 Å². The Morgan fingerprint density at radius 2 is 2.50 bits per heavy atom. The molecule has 1 aromatic rings. The molecule has 0 aromatic carbocycles. The molecule has 10 heavy (non-hydrogen) atoms. The second-order valence-electron chi connectivity index (χ2n) is 2.14. The van der Waals surface area contributed by atoms with Gasteiger partial charge in [0.05, 0.1) is 5.69 Å². The first-order valence-corrected chi connectivity index (χ1v) is 3.49. The Balaban J connectivity index is 2.59. The van der Waals surface area contributed by atoms with E-state index in [4.69, 9.17) is 4.42 Å². The molecule has 0 aliphatic rings. The summed E-state index contributed by atoms with van der Waals surface area (Å²) in [6, 6.07) is 0.600. The molecule has 0 fully saturated rings. The molecule has 0 aliphatic heterocycles. The molecular weight excluding hydrogens is 128 g/mol. The summed E-state index contributed by atoms with van der Waals surface area (Å²) in [5.74, 6) is 0. The van der Waals surface area contributed by atoms with Crippen LogP contribution < -0.4 is 5.32 Å². The van der Waals surface area contributed by atoms with E-state index in [0.29, 0.717) is 6.01 Å². The molecule has 0 saturated heterocycles. The highest BCUT2D eigenvalue weighted by Gasteiger charge is 1.98. The summed E-state index contributed by atoms with van der Waals surface area (Å²) in [5, 5.41) is 2.83. The maximum Gasteiger partial charge on any atom is 0.294 e. The molecule has 0 bridgehead atoms. The molecule has 0 radical (unpaired) electrons. The Hall–Kier alpha value is -0.990. The van der Waals surface area contributed by atoms with Gasteiger partial charge in [-0.05, 0) is 6.42 Å². The third kappa shape index (κ3) is 1.50. The van der Waals surface area contributed by atoms with Crippen molar-refractivity contribution in [3.8, 4) is 0 Å². The van der Waals surface area contributed by atoms with Gasteiger partial charge in [-0.2, -0.15) is 4.98 Å². The SMILES string of the molecule is CCCc1coc(NC)n1. The Morgan fingerprint density at radius 1 is 1.70 bits per heavy atom. The molecular formula is C7H12N2O. The van der Waals surface area contributed by atoms with Gasteiger partial charge in [0, 0.05) is 7.05 Å². The van der Waals surface area contributed by atoms with Crippen LogP contribution in [0.2, 0.25) is 0 Å². The molecule has 1 aromatic heterocycles. The fourth-order valence-electron chi connectivity index (χ4n) is 0.793. The third-order valence-electron chi connectivity index (χ3n) is 1.27. The Morgan fingerprint density at radius 3 is 3.00 bits per heavy atom. The van der Waals surface area contributed by atoms with Crippen molar-refractivity contribution >= 4 is 6.01 Å². The average Bonchev–Trinajstić information content (AvgIpc) is 2.37. The number of aromatic nitrogens is 1. The molecule has 1 rings (SSSR count). The summed E-state index contributed by atoms with van der Waals surface area (Å²) in [6.07, 6.45) is 3.79. The molecule has 0 amide bonds. The maximum atomic E-state index is 5.04. The largest absolute Gasteiger partial charge is 0.432 e. The van der Waals surface area contributed by atoms with Crippen molar-refractivity contribution in [1.82, 2.24) is 4.98 Å². The van der Waals surface area contributed by atoms with Crippen molar-refractivity contribution in [2.75, 3.05) is 12.4 Å². The van der Waals surface area contributed by atoms with Crippen LogP contribution in [-0.4, -0.2) is 12.0 Å². The Kier molecular flexibility index (Phi) is 2.31. The van der Waals surface area contributed by atoms with Crippen LogP contribution in [0.15, 0.2) is 10.7 Å². The number of oxazole rings is 1. The molecule has 0 atom stereocenters. The molecule has 0 unspecified atom stereocenters. The average molecular weight is 140 g/mol. The van der Waals surface area contributed by atoms with Crippen molar-refractivity contribution in [3.05, 3.63) is 12.0 Å². The van der Waals surface area contributed by atoms with E-state index in [1.54, 1.807) is 13.3 Å². The van der Waals surface area contributed by atoms with Gasteiger partial charge in [-0.15, -0.1) is 0 Å². The van der Waals surface area contributed by atoms with Crippen LogP contribution in [0.5, 0.6) is 0 Å². The number of hydrogen-bond donors (Lipinski definition) is 1. The van der Waals surface area contributed by atoms with Crippen molar-refractivity contribution in [2.45, 2.75) is 19.8 Å². The number of nitrogens with zero attached hydrogens (tertiary/aromatic N) is 1. The number of hydrogen-bond acceptors (Lipinski definition) is 3. The highest BCUT2D eigenvalue weighted by atomic mass is 16.4. The van der Waals surface area contributed by atoms with E-state index in [-0.39, 0.29) is 0 Å². The van der Waals surface area contributed by atoms with Crippen molar-refractivity contribution in [1.29, 1.82) is 0 Å². The molecule has 0 spiro atoms.